The van der Waals surface area contributed by atoms with E-state index in [1.54, 1.807) is 30.3 Å². The molecule has 8 heteroatoms. The smallest absolute Gasteiger partial charge is 0.341 e. The monoisotopic (exact) mass is 420 g/mol. The number of carbonyl (C=O) groups is 2. The maximum absolute atomic E-state index is 12.7. The van der Waals surface area contributed by atoms with E-state index in [9.17, 15) is 20.0 Å². The molecule has 2 N–H and O–H groups in total. The normalized spacial score (nSPS) is 16.3. The Morgan fingerprint density at radius 1 is 1.10 bits per heavy atom. The summed E-state index contributed by atoms with van der Waals surface area (Å²) >= 11 is 0. The van der Waals surface area contributed by atoms with Gasteiger partial charge in [-0.15, -0.1) is 5.11 Å². The molecular weight excluding hydrogens is 396 g/mol. The van der Waals surface area contributed by atoms with Crippen molar-refractivity contribution in [2.75, 3.05) is 0 Å². The highest BCUT2D eigenvalue weighted by molar-refractivity contribution is 5.96. The highest BCUT2D eigenvalue weighted by Gasteiger charge is 2.35. The molecule has 3 rings (SSSR count). The van der Waals surface area contributed by atoms with Crippen LogP contribution in [0.4, 0.5) is 11.4 Å². The molecule has 160 valence electrons. The lowest BCUT2D eigenvalue weighted by molar-refractivity contribution is -0.130. The summed E-state index contributed by atoms with van der Waals surface area (Å²) in [5, 5.41) is 29.8. The Kier molecular flexibility index (Phi) is 6.98. The van der Waals surface area contributed by atoms with Crippen LogP contribution in [0.25, 0.3) is 0 Å². The number of nitrogens with one attached hydrogen (secondary N) is 1. The summed E-state index contributed by atoms with van der Waals surface area (Å²) in [7, 11) is 0. The molecule has 1 saturated carbocycles. The van der Waals surface area contributed by atoms with Crippen LogP contribution in [0, 0.1) is 11.3 Å². The van der Waals surface area contributed by atoms with Crippen molar-refractivity contribution in [2.24, 2.45) is 10.2 Å². The molecule has 0 spiro atoms. The summed E-state index contributed by atoms with van der Waals surface area (Å²) in [5.41, 5.74) is 0.0565. The maximum Gasteiger partial charge on any atom is 0.341 e. The van der Waals surface area contributed by atoms with Gasteiger partial charge in [-0.1, -0.05) is 31.4 Å². The largest absolute Gasteiger partial charge is 0.508 e. The van der Waals surface area contributed by atoms with Crippen LogP contribution < -0.4 is 5.32 Å². The first-order valence-electron chi connectivity index (χ1n) is 10.2. The Labute approximate surface area is 180 Å². The van der Waals surface area contributed by atoms with Crippen LogP contribution in [0.1, 0.15) is 49.4 Å². The number of amides is 1. The van der Waals surface area contributed by atoms with Crippen LogP contribution in [0.3, 0.4) is 0 Å². The average Bonchev–Trinajstić information content (AvgIpc) is 2.79. The van der Waals surface area contributed by atoms with Crippen molar-refractivity contribution in [3.63, 3.8) is 0 Å². The third-order valence-electron chi connectivity index (χ3n) is 5.18. The minimum absolute atomic E-state index is 0.113. The number of aromatic hydroxyl groups is 1. The minimum atomic E-state index is -1.07. The Balaban J connectivity index is 1.68. The molecule has 31 heavy (non-hydrogen) atoms. The fourth-order valence-corrected chi connectivity index (χ4v) is 3.40. The van der Waals surface area contributed by atoms with E-state index in [4.69, 9.17) is 4.74 Å². The number of benzene rings is 2. The van der Waals surface area contributed by atoms with Gasteiger partial charge in [0, 0.05) is 0 Å². The number of esters is 1. The van der Waals surface area contributed by atoms with Gasteiger partial charge in [0.15, 0.2) is 6.10 Å². The molecule has 0 radical (unpaired) electrons. The first-order valence-corrected chi connectivity index (χ1v) is 10.2. The Morgan fingerprint density at radius 2 is 1.77 bits per heavy atom. The maximum atomic E-state index is 12.7. The molecule has 0 saturated heterocycles. The van der Waals surface area contributed by atoms with Gasteiger partial charge in [0.1, 0.15) is 17.0 Å². The van der Waals surface area contributed by atoms with Crippen LogP contribution in [-0.2, 0) is 9.53 Å². The first-order chi connectivity index (χ1) is 14.9. The predicted molar refractivity (Wildman–Crippen MR) is 113 cm³/mol. The highest BCUT2D eigenvalue weighted by Crippen LogP contribution is 2.28. The fraction of sp³-hybridized carbons (Fsp3) is 0.348. The number of rotatable bonds is 6. The molecule has 1 aliphatic rings. The SMILES string of the molecule is C[C@H](OC(=O)c1ccccc1N=Nc1ccc(O)cc1)C(=O)NC1(C#N)CCCCC1. The highest BCUT2D eigenvalue weighted by atomic mass is 16.5. The zero-order valence-corrected chi connectivity index (χ0v) is 17.2. The predicted octanol–water partition coefficient (Wildman–Crippen LogP) is 4.70. The summed E-state index contributed by atoms with van der Waals surface area (Å²) in [4.78, 5) is 25.2. The number of hydrogen-bond donors (Lipinski definition) is 2. The lowest BCUT2D eigenvalue weighted by Gasteiger charge is -2.32. The molecule has 8 nitrogen and oxygen atoms in total. The number of hydrogen-bond acceptors (Lipinski definition) is 7. The zero-order valence-electron chi connectivity index (χ0n) is 17.2. The molecule has 1 fully saturated rings. The van der Waals surface area contributed by atoms with Gasteiger partial charge in [-0.2, -0.15) is 10.4 Å². The second-order valence-electron chi connectivity index (χ2n) is 7.52. The van der Waals surface area contributed by atoms with E-state index in [-0.39, 0.29) is 17.0 Å². The second kappa shape index (κ2) is 9.85. The van der Waals surface area contributed by atoms with Crippen LogP contribution in [0.15, 0.2) is 58.8 Å². The molecule has 0 bridgehead atoms. The number of ether oxygens (including phenoxy) is 1. The van der Waals surface area contributed by atoms with E-state index < -0.39 is 23.5 Å². The number of phenols is 1. The Bertz CT molecular complexity index is 1000. The van der Waals surface area contributed by atoms with Crippen molar-refractivity contribution in [1.82, 2.24) is 5.32 Å². The van der Waals surface area contributed by atoms with Gasteiger partial charge in [-0.05, 0) is 56.2 Å². The minimum Gasteiger partial charge on any atom is -0.508 e. The fourth-order valence-electron chi connectivity index (χ4n) is 3.40. The Morgan fingerprint density at radius 3 is 2.45 bits per heavy atom. The molecule has 0 aliphatic heterocycles. The second-order valence-corrected chi connectivity index (χ2v) is 7.52. The van der Waals surface area contributed by atoms with Gasteiger partial charge in [0.05, 0.1) is 17.3 Å². The summed E-state index contributed by atoms with van der Waals surface area (Å²) in [5.74, 6) is -1.10. The zero-order chi connectivity index (χ0) is 22.3. The van der Waals surface area contributed by atoms with Gasteiger partial charge >= 0.3 is 5.97 Å². The van der Waals surface area contributed by atoms with Gasteiger partial charge in [0.2, 0.25) is 0 Å². The van der Waals surface area contributed by atoms with Crippen molar-refractivity contribution in [3.05, 3.63) is 54.1 Å². The van der Waals surface area contributed by atoms with E-state index in [0.29, 0.717) is 18.5 Å². The van der Waals surface area contributed by atoms with Gasteiger partial charge in [-0.25, -0.2) is 4.79 Å². The van der Waals surface area contributed by atoms with E-state index in [2.05, 4.69) is 21.6 Å². The van der Waals surface area contributed by atoms with Crippen molar-refractivity contribution in [1.29, 1.82) is 5.26 Å². The Hall–Kier alpha value is -3.73. The van der Waals surface area contributed by atoms with Gasteiger partial charge in [-0.3, -0.25) is 4.79 Å². The van der Waals surface area contributed by atoms with Crippen LogP contribution >= 0.6 is 0 Å². The molecule has 0 aromatic heterocycles. The molecule has 2 aromatic carbocycles. The quantitative estimate of drug-likeness (QED) is 0.518. The third kappa shape index (κ3) is 5.66. The molecule has 1 aliphatic carbocycles. The van der Waals surface area contributed by atoms with E-state index >= 15 is 0 Å². The summed E-state index contributed by atoms with van der Waals surface area (Å²) < 4.78 is 5.34. The van der Waals surface area contributed by atoms with Crippen molar-refractivity contribution < 1.29 is 19.4 Å². The number of azo groups is 1. The number of nitrogens with zero attached hydrogens (tertiary/aromatic N) is 3. The van der Waals surface area contributed by atoms with Crippen LogP contribution in [-0.4, -0.2) is 28.6 Å². The van der Waals surface area contributed by atoms with E-state index in [0.717, 1.165) is 19.3 Å². The standard InChI is InChI=1S/C23H24N4O4/c1-16(21(29)25-23(15-24)13-5-2-6-14-23)31-22(30)19-7-3-4-8-20(19)27-26-17-9-11-18(28)12-10-17/h3-4,7-12,16,28H,2,5-6,13-14H2,1H3,(H,25,29)/t16-/m0/s1. The summed E-state index contributed by atoms with van der Waals surface area (Å²) in [6.07, 6.45) is 2.91. The van der Waals surface area contributed by atoms with E-state index in [1.807, 2.05) is 0 Å². The van der Waals surface area contributed by atoms with Crippen LogP contribution in [0.2, 0.25) is 0 Å². The lowest BCUT2D eigenvalue weighted by atomic mass is 9.83. The first kappa shape index (κ1) is 22.0. The molecule has 1 amide bonds. The molecule has 0 heterocycles. The molecule has 2 aromatic rings. The topological polar surface area (TPSA) is 124 Å². The van der Waals surface area contributed by atoms with Crippen molar-refractivity contribution in [2.45, 2.75) is 50.7 Å². The molecule has 1 atom stereocenters. The van der Waals surface area contributed by atoms with Crippen molar-refractivity contribution in [3.8, 4) is 11.8 Å². The van der Waals surface area contributed by atoms with Gasteiger partial charge < -0.3 is 15.2 Å². The van der Waals surface area contributed by atoms with Crippen molar-refractivity contribution >= 4 is 23.3 Å². The molecule has 0 unspecified atom stereocenters. The number of phenolic OH excluding ortho intramolecular Hbond substituents is 1. The van der Waals surface area contributed by atoms with Gasteiger partial charge in [0.25, 0.3) is 5.91 Å². The third-order valence-corrected chi connectivity index (χ3v) is 5.18. The molecular formula is C23H24N4O4. The summed E-state index contributed by atoms with van der Waals surface area (Å²) in [6.45, 7) is 1.47. The summed E-state index contributed by atoms with van der Waals surface area (Å²) in [6, 6.07) is 14.9. The lowest BCUT2D eigenvalue weighted by Crippen LogP contribution is -2.52. The van der Waals surface area contributed by atoms with E-state index in [1.165, 1.54) is 25.1 Å². The van der Waals surface area contributed by atoms with Crippen LogP contribution in [0.5, 0.6) is 5.75 Å². The number of carbonyl (C=O) groups excluding carboxylic acids is 2. The average molecular weight is 420 g/mol. The number of nitriles is 1.